The maximum absolute atomic E-state index is 11.5. The monoisotopic (exact) mass is 679 g/mol. The van der Waals surface area contributed by atoms with Crippen molar-refractivity contribution in [1.82, 2.24) is 29.8 Å². The molecule has 1 unspecified atom stereocenters. The Balaban J connectivity index is 1.22. The molecule has 10 nitrogen and oxygen atoms in total. The van der Waals surface area contributed by atoms with Crippen molar-refractivity contribution >= 4 is 35.0 Å². The summed E-state index contributed by atoms with van der Waals surface area (Å²) in [4.78, 5) is 31.5. The molecule has 0 bridgehead atoms. The van der Waals surface area contributed by atoms with Gasteiger partial charge in [-0.05, 0) is 85.9 Å². The number of hydrogen-bond donors (Lipinski definition) is 3. The third-order valence-electron chi connectivity index (χ3n) is 9.18. The second-order valence-corrected chi connectivity index (χ2v) is 15.4. The highest BCUT2D eigenvalue weighted by Crippen LogP contribution is 2.49. The summed E-state index contributed by atoms with van der Waals surface area (Å²) in [5.74, 6) is -0.139. The van der Waals surface area contributed by atoms with Crippen LogP contribution >= 0.6 is 11.9 Å². The minimum Gasteiger partial charge on any atom is -0.478 e. The van der Waals surface area contributed by atoms with Gasteiger partial charge in [-0.15, -0.1) is 0 Å². The van der Waals surface area contributed by atoms with Crippen LogP contribution in [-0.2, 0) is 19.0 Å². The summed E-state index contributed by atoms with van der Waals surface area (Å²) >= 11 is 1.26. The molecular formula is C38H45N7O3S. The van der Waals surface area contributed by atoms with Gasteiger partial charge in [0.1, 0.15) is 12.1 Å². The molecule has 1 atom stereocenters. The molecule has 49 heavy (non-hydrogen) atoms. The van der Waals surface area contributed by atoms with Crippen molar-refractivity contribution in [2.45, 2.75) is 83.7 Å². The van der Waals surface area contributed by atoms with Crippen molar-refractivity contribution in [3.63, 3.8) is 0 Å². The van der Waals surface area contributed by atoms with Crippen LogP contribution in [0.4, 0.5) is 5.95 Å². The number of aromatic nitrogens is 5. The number of aryl methyl sites for hydroxylation is 3. The van der Waals surface area contributed by atoms with Gasteiger partial charge in [-0.25, -0.2) is 14.8 Å². The Bertz CT molecular complexity index is 1980. The number of anilines is 1. The predicted octanol–water partition coefficient (Wildman–Crippen LogP) is 7.88. The Labute approximate surface area is 292 Å². The van der Waals surface area contributed by atoms with E-state index in [2.05, 4.69) is 81.4 Å². The van der Waals surface area contributed by atoms with Gasteiger partial charge >= 0.3 is 5.97 Å². The molecule has 0 saturated heterocycles. The van der Waals surface area contributed by atoms with Gasteiger partial charge in [0.25, 0.3) is 0 Å². The zero-order valence-electron chi connectivity index (χ0n) is 29.3. The Morgan fingerprint density at radius 1 is 1.06 bits per heavy atom. The van der Waals surface area contributed by atoms with E-state index in [1.807, 2.05) is 24.4 Å². The van der Waals surface area contributed by atoms with E-state index in [4.69, 9.17) is 24.7 Å². The van der Waals surface area contributed by atoms with Crippen LogP contribution in [0.15, 0.2) is 65.7 Å². The van der Waals surface area contributed by atoms with E-state index >= 15 is 0 Å². The zero-order chi connectivity index (χ0) is 34.9. The fraction of sp³-hybridized carbons (Fsp3) is 0.395. The molecule has 0 amide bonds. The first-order valence-electron chi connectivity index (χ1n) is 16.7. The van der Waals surface area contributed by atoms with E-state index in [0.29, 0.717) is 30.4 Å². The van der Waals surface area contributed by atoms with Gasteiger partial charge in [-0.3, -0.25) is 9.71 Å². The number of nitrogens with one attached hydrogen (secondary N) is 2. The Kier molecular flexibility index (Phi) is 9.68. The maximum Gasteiger partial charge on any atom is 0.335 e. The number of carboxylic acids is 1. The largest absolute Gasteiger partial charge is 0.478 e. The van der Waals surface area contributed by atoms with Crippen LogP contribution in [0.1, 0.15) is 79.8 Å². The SMILES string of the molecule is Cc1cccc(C)c1-c1cc(OCC(CC2(C)CC2)NCc2cnc3cc(C(C)(C)C)n(C)c3n2)nc(NSc2cccc(C(=O)O)c2)n1. The molecule has 1 fully saturated rings. The van der Waals surface area contributed by atoms with Crippen LogP contribution in [0.5, 0.6) is 5.88 Å². The lowest BCUT2D eigenvalue weighted by Crippen LogP contribution is -2.36. The van der Waals surface area contributed by atoms with Gasteiger partial charge in [-0.1, -0.05) is 52.0 Å². The Morgan fingerprint density at radius 2 is 1.80 bits per heavy atom. The molecule has 3 heterocycles. The van der Waals surface area contributed by atoms with E-state index in [1.165, 1.54) is 30.5 Å². The predicted molar refractivity (Wildman–Crippen MR) is 195 cm³/mol. The summed E-state index contributed by atoms with van der Waals surface area (Å²) in [6.07, 6.45) is 5.24. The Morgan fingerprint density at radius 3 is 2.49 bits per heavy atom. The number of benzene rings is 2. The fourth-order valence-corrected chi connectivity index (χ4v) is 6.88. The molecule has 3 N–H and O–H groups in total. The minimum atomic E-state index is -0.975. The minimum absolute atomic E-state index is 0.00402. The molecule has 5 aromatic rings. The van der Waals surface area contributed by atoms with Crippen molar-refractivity contribution in [2.75, 3.05) is 11.3 Å². The van der Waals surface area contributed by atoms with Crippen molar-refractivity contribution in [2.24, 2.45) is 12.5 Å². The maximum atomic E-state index is 11.5. The molecular weight excluding hydrogens is 635 g/mol. The van der Waals surface area contributed by atoms with E-state index in [-0.39, 0.29) is 17.0 Å². The molecule has 1 saturated carbocycles. The number of carboxylic acid groups (broad SMARTS) is 1. The molecule has 0 radical (unpaired) electrons. The highest BCUT2D eigenvalue weighted by molar-refractivity contribution is 8.00. The van der Waals surface area contributed by atoms with Crippen molar-refractivity contribution in [3.8, 4) is 17.1 Å². The van der Waals surface area contributed by atoms with Gasteiger partial charge in [0, 0.05) is 47.3 Å². The lowest BCUT2D eigenvalue weighted by atomic mass is 9.92. The molecule has 6 rings (SSSR count). The van der Waals surface area contributed by atoms with Crippen LogP contribution in [0.2, 0.25) is 0 Å². The van der Waals surface area contributed by atoms with E-state index in [1.54, 1.807) is 18.2 Å². The second-order valence-electron chi connectivity index (χ2n) is 14.5. The highest BCUT2D eigenvalue weighted by atomic mass is 32.2. The molecule has 0 spiro atoms. The van der Waals surface area contributed by atoms with Gasteiger partial charge in [-0.2, -0.15) is 4.98 Å². The summed E-state index contributed by atoms with van der Waals surface area (Å²) in [5, 5.41) is 13.1. The molecule has 256 valence electrons. The van der Waals surface area contributed by atoms with E-state index in [0.717, 1.165) is 50.6 Å². The van der Waals surface area contributed by atoms with Crippen molar-refractivity contribution in [3.05, 3.63) is 88.9 Å². The zero-order valence-corrected chi connectivity index (χ0v) is 30.1. The number of rotatable bonds is 13. The summed E-state index contributed by atoms with van der Waals surface area (Å²) in [6.45, 7) is 14.1. The van der Waals surface area contributed by atoms with Crippen LogP contribution in [0.3, 0.4) is 0 Å². The average molecular weight is 680 g/mol. The quantitative estimate of drug-likeness (QED) is 0.106. The first-order chi connectivity index (χ1) is 23.3. The summed E-state index contributed by atoms with van der Waals surface area (Å²) in [6, 6.07) is 17.0. The average Bonchev–Trinajstić information content (AvgIpc) is 3.69. The summed E-state index contributed by atoms with van der Waals surface area (Å²) in [7, 11) is 2.06. The third-order valence-corrected chi connectivity index (χ3v) is 9.95. The van der Waals surface area contributed by atoms with Crippen LogP contribution < -0.4 is 14.8 Å². The van der Waals surface area contributed by atoms with Crippen molar-refractivity contribution in [1.29, 1.82) is 0 Å². The van der Waals surface area contributed by atoms with E-state index < -0.39 is 5.97 Å². The number of ether oxygens (including phenoxy) is 1. The van der Waals surface area contributed by atoms with Gasteiger partial charge in [0.2, 0.25) is 11.8 Å². The lowest BCUT2D eigenvalue weighted by molar-refractivity contribution is 0.0696. The molecule has 11 heteroatoms. The normalized spacial score (nSPS) is 14.5. The first-order valence-corrected chi connectivity index (χ1v) is 17.5. The first kappa shape index (κ1) is 34.4. The number of hydrogen-bond acceptors (Lipinski definition) is 9. The van der Waals surface area contributed by atoms with Gasteiger partial charge < -0.3 is 19.7 Å². The molecule has 1 aliphatic carbocycles. The summed E-state index contributed by atoms with van der Waals surface area (Å²) < 4.78 is 11.8. The van der Waals surface area contributed by atoms with Crippen LogP contribution in [0, 0.1) is 19.3 Å². The summed E-state index contributed by atoms with van der Waals surface area (Å²) in [5.41, 5.74) is 8.36. The van der Waals surface area contributed by atoms with Gasteiger partial charge in [0.15, 0.2) is 5.65 Å². The van der Waals surface area contributed by atoms with Gasteiger partial charge in [0.05, 0.1) is 23.1 Å². The Hall–Kier alpha value is -4.48. The molecule has 3 aromatic heterocycles. The van der Waals surface area contributed by atoms with Crippen molar-refractivity contribution < 1.29 is 14.6 Å². The van der Waals surface area contributed by atoms with E-state index in [9.17, 15) is 9.90 Å². The number of aromatic carboxylic acids is 1. The fourth-order valence-electron chi connectivity index (χ4n) is 6.24. The molecule has 1 aliphatic rings. The highest BCUT2D eigenvalue weighted by Gasteiger charge is 2.39. The second kappa shape index (κ2) is 13.8. The number of nitrogens with zero attached hydrogens (tertiary/aromatic N) is 5. The van der Waals surface area contributed by atoms with Crippen LogP contribution in [0.25, 0.3) is 22.4 Å². The van der Waals surface area contributed by atoms with Crippen LogP contribution in [-0.4, -0.2) is 48.2 Å². The topological polar surface area (TPSA) is 127 Å². The lowest BCUT2D eigenvalue weighted by Gasteiger charge is -2.22. The molecule has 0 aliphatic heterocycles. The number of fused-ring (bicyclic) bond motifs is 1. The number of carbonyl (C=O) groups is 1. The standard InChI is InChI=1S/C38H45N7O3S/c1-23-10-8-11-24(2)33(23)29-18-32(43-36(42-29)44-49-28-13-9-12-25(16-28)35(46)47)48-22-26(19-38(6)14-15-38)39-20-27-21-40-30-17-31(37(3,4)5)45(7)34(30)41-27/h8-13,16-18,21,26,39H,14-15,19-20,22H2,1-7H3,(H,46,47)(H,42,43,44). The smallest absolute Gasteiger partial charge is 0.335 e. The third kappa shape index (κ3) is 8.22. The molecule has 2 aromatic carbocycles.